The van der Waals surface area contributed by atoms with E-state index in [2.05, 4.69) is 22.0 Å². The second-order valence-electron chi connectivity index (χ2n) is 7.62. The van der Waals surface area contributed by atoms with Gasteiger partial charge in [-0.1, -0.05) is 30.1 Å². The van der Waals surface area contributed by atoms with Gasteiger partial charge in [0.1, 0.15) is 11.5 Å². The van der Waals surface area contributed by atoms with Crippen LogP contribution in [0.1, 0.15) is 12.7 Å². The SMILES string of the molecule is CCN1CCN(c2ccc(NC(=O)C=Cc3ccc(-c4ccc(Cl)cc4)o3)cc2Cl)CC1. The Hall–Kier alpha value is -2.73. The van der Waals surface area contributed by atoms with Crippen LogP contribution in [0, 0.1) is 0 Å². The van der Waals surface area contributed by atoms with Crippen LogP contribution in [0.4, 0.5) is 11.4 Å². The van der Waals surface area contributed by atoms with E-state index in [0.717, 1.165) is 44.0 Å². The molecule has 0 spiro atoms. The standard InChI is InChI=1S/C25H25Cl2N3O2/c1-2-29-13-15-30(16-14-29)23-10-7-20(17-22(23)27)28-25(31)12-9-21-8-11-24(32-21)18-3-5-19(26)6-4-18/h3-12,17H,2,13-16H2,1H3,(H,28,31). The summed E-state index contributed by atoms with van der Waals surface area (Å²) in [4.78, 5) is 17.1. The zero-order valence-electron chi connectivity index (χ0n) is 17.9. The second-order valence-corrected chi connectivity index (χ2v) is 8.46. The molecular formula is C25H25Cl2N3O2. The molecule has 1 amide bonds. The number of halogens is 2. The Morgan fingerprint density at radius 2 is 1.78 bits per heavy atom. The lowest BCUT2D eigenvalue weighted by atomic mass is 10.2. The average molecular weight is 470 g/mol. The van der Waals surface area contributed by atoms with Crippen LogP contribution in [0.5, 0.6) is 0 Å². The summed E-state index contributed by atoms with van der Waals surface area (Å²) in [6.07, 6.45) is 3.08. The molecule has 0 saturated carbocycles. The molecule has 0 aliphatic carbocycles. The van der Waals surface area contributed by atoms with Crippen molar-refractivity contribution in [2.24, 2.45) is 0 Å². The molecule has 166 valence electrons. The minimum absolute atomic E-state index is 0.255. The van der Waals surface area contributed by atoms with E-state index < -0.39 is 0 Å². The molecule has 1 aliphatic rings. The number of nitrogens with one attached hydrogen (secondary N) is 1. The lowest BCUT2D eigenvalue weighted by molar-refractivity contribution is -0.111. The van der Waals surface area contributed by atoms with Crippen LogP contribution in [0.15, 0.2) is 65.1 Å². The normalized spacial score (nSPS) is 14.8. The minimum Gasteiger partial charge on any atom is -0.457 e. The van der Waals surface area contributed by atoms with Crippen LogP contribution >= 0.6 is 23.2 Å². The van der Waals surface area contributed by atoms with E-state index in [9.17, 15) is 4.79 Å². The lowest BCUT2D eigenvalue weighted by Gasteiger charge is -2.36. The third kappa shape index (κ3) is 5.54. The van der Waals surface area contributed by atoms with Gasteiger partial charge in [0.25, 0.3) is 0 Å². The number of hydrogen-bond acceptors (Lipinski definition) is 4. The highest BCUT2D eigenvalue weighted by Gasteiger charge is 2.18. The number of nitrogens with zero attached hydrogens (tertiary/aromatic N) is 2. The second kappa shape index (κ2) is 10.3. The summed E-state index contributed by atoms with van der Waals surface area (Å²) < 4.78 is 5.79. The molecule has 4 rings (SSSR count). The molecule has 1 N–H and O–H groups in total. The fraction of sp³-hybridized carbons (Fsp3) is 0.240. The first-order chi connectivity index (χ1) is 15.5. The Bertz CT molecular complexity index is 1100. The zero-order valence-corrected chi connectivity index (χ0v) is 19.4. The van der Waals surface area contributed by atoms with Crippen molar-refractivity contribution >= 4 is 46.6 Å². The molecule has 5 nitrogen and oxygen atoms in total. The summed E-state index contributed by atoms with van der Waals surface area (Å²) in [6, 6.07) is 16.7. The number of hydrogen-bond donors (Lipinski definition) is 1. The van der Waals surface area contributed by atoms with Crippen molar-refractivity contribution in [1.29, 1.82) is 0 Å². The van der Waals surface area contributed by atoms with E-state index in [1.54, 1.807) is 12.1 Å². The zero-order chi connectivity index (χ0) is 22.5. The summed E-state index contributed by atoms with van der Waals surface area (Å²) >= 11 is 12.4. The van der Waals surface area contributed by atoms with E-state index in [4.69, 9.17) is 27.6 Å². The Kier molecular flexibility index (Phi) is 7.20. The number of carbonyl (C=O) groups is 1. The average Bonchev–Trinajstić information content (AvgIpc) is 3.28. The Morgan fingerprint density at radius 3 is 2.47 bits per heavy atom. The highest BCUT2D eigenvalue weighted by Crippen LogP contribution is 2.30. The van der Waals surface area contributed by atoms with Crippen LogP contribution in [0.3, 0.4) is 0 Å². The highest BCUT2D eigenvalue weighted by molar-refractivity contribution is 6.33. The van der Waals surface area contributed by atoms with Gasteiger partial charge in [0.05, 0.1) is 10.7 Å². The number of anilines is 2. The van der Waals surface area contributed by atoms with Crippen molar-refractivity contribution in [2.75, 3.05) is 42.9 Å². The number of furan rings is 1. The van der Waals surface area contributed by atoms with Crippen LogP contribution in [-0.4, -0.2) is 43.5 Å². The van der Waals surface area contributed by atoms with Crippen LogP contribution in [-0.2, 0) is 4.79 Å². The van der Waals surface area contributed by atoms with E-state index in [-0.39, 0.29) is 5.91 Å². The number of piperazine rings is 1. The molecule has 0 radical (unpaired) electrons. The van der Waals surface area contributed by atoms with Crippen LogP contribution in [0.25, 0.3) is 17.4 Å². The first-order valence-electron chi connectivity index (χ1n) is 10.6. The molecule has 3 aromatic rings. The third-order valence-corrected chi connectivity index (χ3v) is 6.08. The monoisotopic (exact) mass is 469 g/mol. The van der Waals surface area contributed by atoms with Crippen molar-refractivity contribution in [2.45, 2.75) is 6.92 Å². The maximum atomic E-state index is 12.4. The highest BCUT2D eigenvalue weighted by atomic mass is 35.5. The first-order valence-corrected chi connectivity index (χ1v) is 11.4. The topological polar surface area (TPSA) is 48.7 Å². The Balaban J connectivity index is 1.35. The van der Waals surface area contributed by atoms with Crippen molar-refractivity contribution in [3.63, 3.8) is 0 Å². The largest absolute Gasteiger partial charge is 0.457 e. The van der Waals surface area contributed by atoms with Gasteiger partial charge >= 0.3 is 0 Å². The van der Waals surface area contributed by atoms with Crippen LogP contribution in [0.2, 0.25) is 10.0 Å². The van der Waals surface area contributed by atoms with Crippen molar-refractivity contribution < 1.29 is 9.21 Å². The number of amides is 1. The molecule has 1 aliphatic heterocycles. The van der Waals surface area contributed by atoms with E-state index in [0.29, 0.717) is 27.3 Å². The van der Waals surface area contributed by atoms with E-state index >= 15 is 0 Å². The van der Waals surface area contributed by atoms with Gasteiger partial charge in [0.15, 0.2) is 0 Å². The van der Waals surface area contributed by atoms with Gasteiger partial charge in [-0.05, 0) is 67.2 Å². The Labute approximate surface area is 198 Å². The molecular weight excluding hydrogens is 445 g/mol. The van der Waals surface area contributed by atoms with E-state index in [1.807, 2.05) is 48.5 Å². The van der Waals surface area contributed by atoms with Gasteiger partial charge in [0.2, 0.25) is 5.91 Å². The van der Waals surface area contributed by atoms with Gasteiger partial charge in [-0.2, -0.15) is 0 Å². The maximum Gasteiger partial charge on any atom is 0.248 e. The number of carbonyl (C=O) groups excluding carboxylic acids is 1. The number of likely N-dealkylation sites (N-methyl/N-ethyl adjacent to an activating group) is 1. The molecule has 2 heterocycles. The third-order valence-electron chi connectivity index (χ3n) is 5.53. The molecule has 0 unspecified atom stereocenters. The predicted octanol–water partition coefficient (Wildman–Crippen LogP) is 6.05. The van der Waals surface area contributed by atoms with Crippen molar-refractivity contribution in [3.05, 3.63) is 76.5 Å². The van der Waals surface area contributed by atoms with Gasteiger partial charge in [-0.25, -0.2) is 0 Å². The van der Waals surface area contributed by atoms with Crippen LogP contribution < -0.4 is 10.2 Å². The molecule has 7 heteroatoms. The molecule has 1 aromatic heterocycles. The fourth-order valence-corrected chi connectivity index (χ4v) is 4.13. The summed E-state index contributed by atoms with van der Waals surface area (Å²) in [5.74, 6) is 1.04. The summed E-state index contributed by atoms with van der Waals surface area (Å²) in [5, 5.41) is 4.16. The van der Waals surface area contributed by atoms with Gasteiger partial charge in [-0.15, -0.1) is 0 Å². The molecule has 2 aromatic carbocycles. The van der Waals surface area contributed by atoms with Gasteiger partial charge in [0, 0.05) is 48.5 Å². The van der Waals surface area contributed by atoms with Crippen molar-refractivity contribution in [3.8, 4) is 11.3 Å². The maximum absolute atomic E-state index is 12.4. The molecule has 1 fully saturated rings. The summed E-state index contributed by atoms with van der Waals surface area (Å²) in [6.45, 7) is 7.21. The minimum atomic E-state index is -0.255. The molecule has 0 bridgehead atoms. The lowest BCUT2D eigenvalue weighted by Crippen LogP contribution is -2.46. The molecule has 1 saturated heterocycles. The first kappa shape index (κ1) is 22.5. The number of benzene rings is 2. The van der Waals surface area contributed by atoms with Gasteiger partial charge < -0.3 is 19.5 Å². The smallest absolute Gasteiger partial charge is 0.248 e. The summed E-state index contributed by atoms with van der Waals surface area (Å²) in [5.41, 5.74) is 2.58. The number of rotatable bonds is 6. The van der Waals surface area contributed by atoms with Gasteiger partial charge in [-0.3, -0.25) is 4.79 Å². The molecule has 0 atom stereocenters. The Morgan fingerprint density at radius 1 is 1.03 bits per heavy atom. The van der Waals surface area contributed by atoms with E-state index in [1.165, 1.54) is 6.08 Å². The van der Waals surface area contributed by atoms with Crippen molar-refractivity contribution in [1.82, 2.24) is 4.90 Å². The predicted molar refractivity (Wildman–Crippen MR) is 133 cm³/mol. The summed E-state index contributed by atoms with van der Waals surface area (Å²) in [7, 11) is 0. The quantitative estimate of drug-likeness (QED) is 0.446. The fourth-order valence-electron chi connectivity index (χ4n) is 3.70. The molecule has 32 heavy (non-hydrogen) atoms.